The van der Waals surface area contributed by atoms with Gasteiger partial charge in [-0.15, -0.1) is 0 Å². The van der Waals surface area contributed by atoms with Gasteiger partial charge in [0.2, 0.25) is 15.4 Å². The largest absolute Gasteiger partial charge is 0.449 e. The highest BCUT2D eigenvalue weighted by Crippen LogP contribution is 2.28. The summed E-state index contributed by atoms with van der Waals surface area (Å²) < 4.78 is 67.3. The molecule has 0 N–H and O–H groups in total. The number of rotatable bonds is 4. The minimum Gasteiger partial charge on any atom is -0.355 e. The zero-order valence-corrected chi connectivity index (χ0v) is 11.8. The van der Waals surface area contributed by atoms with Crippen LogP contribution in [0.25, 0.3) is 0 Å². The fourth-order valence-corrected chi connectivity index (χ4v) is 1.93. The summed E-state index contributed by atoms with van der Waals surface area (Å²) >= 11 is 15.6. The van der Waals surface area contributed by atoms with Gasteiger partial charge in [0.15, 0.2) is 11.6 Å². The molecule has 0 unspecified atom stereocenters. The molecule has 0 fully saturated rings. The Bertz CT molecular complexity index is 573. The molecule has 4 nitrogen and oxygen atoms in total. The van der Waals surface area contributed by atoms with E-state index in [1.54, 1.807) is 0 Å². The van der Waals surface area contributed by atoms with Crippen LogP contribution >= 0.6 is 34.8 Å². The monoisotopic (exact) mass is 358 g/mol. The highest BCUT2D eigenvalue weighted by molar-refractivity contribution is 7.82. The molecular formula is C8H4Cl3F3O4S. The lowest BCUT2D eigenvalue weighted by Gasteiger charge is -2.12. The molecule has 1 aromatic rings. The summed E-state index contributed by atoms with van der Waals surface area (Å²) in [5.74, 6) is -6.27. The van der Waals surface area contributed by atoms with E-state index in [4.69, 9.17) is 34.8 Å². The van der Waals surface area contributed by atoms with E-state index in [0.29, 0.717) is 12.1 Å². The number of halogens is 6. The fraction of sp³-hybridized carbons (Fsp3) is 0.250. The van der Waals surface area contributed by atoms with Crippen molar-refractivity contribution in [2.24, 2.45) is 0 Å². The van der Waals surface area contributed by atoms with Crippen LogP contribution in [0.2, 0.25) is 0 Å². The summed E-state index contributed by atoms with van der Waals surface area (Å²) in [5.41, 5.74) is 0. The van der Waals surface area contributed by atoms with Gasteiger partial charge in [-0.2, -0.15) is 12.8 Å². The molecule has 0 radical (unpaired) electrons. The normalized spacial score (nSPS) is 12.5. The molecule has 0 atom stereocenters. The van der Waals surface area contributed by atoms with Gasteiger partial charge in [0, 0.05) is 0 Å². The summed E-state index contributed by atoms with van der Waals surface area (Å²) in [7, 11) is -4.93. The van der Waals surface area contributed by atoms with Crippen molar-refractivity contribution < 1.29 is 30.0 Å². The molecule has 0 aliphatic carbocycles. The summed E-state index contributed by atoms with van der Waals surface area (Å²) in [6, 6.07) is 0.921. The van der Waals surface area contributed by atoms with Gasteiger partial charge in [0.05, 0.1) is 0 Å². The van der Waals surface area contributed by atoms with E-state index in [1.807, 2.05) is 0 Å². The molecule has 0 saturated heterocycles. The van der Waals surface area contributed by atoms with Gasteiger partial charge < -0.3 is 4.18 Å². The van der Waals surface area contributed by atoms with Gasteiger partial charge >= 0.3 is 10.4 Å². The second-order valence-electron chi connectivity index (χ2n) is 3.04. The standard InChI is InChI=1S/C8H4Cl3F3O4S/c9-8(10,11)3-17-19(15,16)18-7-5(13)2-1-4(12)6(7)14/h1-2H,3H2. The van der Waals surface area contributed by atoms with Crippen LogP contribution in [-0.2, 0) is 14.6 Å². The van der Waals surface area contributed by atoms with Gasteiger partial charge in [-0.25, -0.2) is 13.0 Å². The second-order valence-corrected chi connectivity index (χ2v) is 6.78. The summed E-state index contributed by atoms with van der Waals surface area (Å²) in [5, 5.41) is 0. The van der Waals surface area contributed by atoms with E-state index in [9.17, 15) is 21.6 Å². The van der Waals surface area contributed by atoms with Crippen molar-refractivity contribution in [3.63, 3.8) is 0 Å². The Hall–Kier alpha value is -0.410. The predicted molar refractivity (Wildman–Crippen MR) is 62.1 cm³/mol. The third-order valence-corrected chi connectivity index (χ3v) is 2.66. The van der Waals surface area contributed by atoms with Crippen LogP contribution < -0.4 is 4.18 Å². The maximum absolute atomic E-state index is 13.1. The maximum Gasteiger partial charge on any atom is 0.449 e. The first-order valence-electron chi connectivity index (χ1n) is 4.31. The lowest BCUT2D eigenvalue weighted by molar-refractivity contribution is 0.271. The van der Waals surface area contributed by atoms with E-state index in [-0.39, 0.29) is 0 Å². The first-order chi connectivity index (χ1) is 8.52. The first-order valence-corrected chi connectivity index (χ1v) is 6.77. The Morgan fingerprint density at radius 3 is 2.16 bits per heavy atom. The molecular weight excluding hydrogens is 356 g/mol. The molecule has 108 valence electrons. The molecule has 0 saturated carbocycles. The highest BCUT2D eigenvalue weighted by Gasteiger charge is 2.28. The van der Waals surface area contributed by atoms with E-state index in [2.05, 4.69) is 8.37 Å². The molecule has 1 aromatic carbocycles. The van der Waals surface area contributed by atoms with Crippen molar-refractivity contribution in [1.82, 2.24) is 0 Å². The van der Waals surface area contributed by atoms with Gasteiger partial charge in [-0.3, -0.25) is 0 Å². The molecule has 0 spiro atoms. The third-order valence-electron chi connectivity index (χ3n) is 1.55. The van der Waals surface area contributed by atoms with Crippen molar-refractivity contribution >= 4 is 45.2 Å². The highest BCUT2D eigenvalue weighted by atomic mass is 35.6. The van der Waals surface area contributed by atoms with Crippen LogP contribution in [0.15, 0.2) is 12.1 Å². The van der Waals surface area contributed by atoms with E-state index >= 15 is 0 Å². The number of hydrogen-bond donors (Lipinski definition) is 0. The van der Waals surface area contributed by atoms with Crippen LogP contribution in [0.3, 0.4) is 0 Å². The Labute approximate surface area is 121 Å². The SMILES string of the molecule is O=S(=O)(OCC(Cl)(Cl)Cl)Oc1c(F)ccc(F)c1F. The molecule has 1 rings (SSSR count). The third kappa shape index (κ3) is 5.23. The van der Waals surface area contributed by atoms with Gasteiger partial charge in [0.1, 0.15) is 6.61 Å². The quantitative estimate of drug-likeness (QED) is 0.612. The van der Waals surface area contributed by atoms with Gasteiger partial charge in [-0.05, 0) is 12.1 Å². The molecule has 11 heteroatoms. The fourth-order valence-electron chi connectivity index (χ4n) is 0.850. The Kier molecular flexibility index (Phi) is 5.19. The second kappa shape index (κ2) is 5.92. The van der Waals surface area contributed by atoms with Crippen molar-refractivity contribution in [3.8, 4) is 5.75 Å². The van der Waals surface area contributed by atoms with E-state index in [1.165, 1.54) is 0 Å². The van der Waals surface area contributed by atoms with Crippen LogP contribution in [0.4, 0.5) is 13.2 Å². The molecule has 19 heavy (non-hydrogen) atoms. The minimum absolute atomic E-state index is 0.451. The molecule has 0 aromatic heterocycles. The number of alkyl halides is 3. The summed E-state index contributed by atoms with van der Waals surface area (Å²) in [6.45, 7) is -0.960. The molecule has 0 aliphatic heterocycles. The Morgan fingerprint density at radius 2 is 1.63 bits per heavy atom. The van der Waals surface area contributed by atoms with Crippen LogP contribution in [-0.4, -0.2) is 18.8 Å². The lowest BCUT2D eigenvalue weighted by Crippen LogP contribution is -2.22. The van der Waals surface area contributed by atoms with E-state index < -0.39 is 44.0 Å². The zero-order chi connectivity index (χ0) is 14.8. The smallest absolute Gasteiger partial charge is 0.355 e. The van der Waals surface area contributed by atoms with Crippen molar-refractivity contribution in [3.05, 3.63) is 29.6 Å². The lowest BCUT2D eigenvalue weighted by atomic mass is 10.3. The molecule has 0 bridgehead atoms. The van der Waals surface area contributed by atoms with E-state index in [0.717, 1.165) is 0 Å². The Balaban J connectivity index is 2.93. The van der Waals surface area contributed by atoms with Gasteiger partial charge in [-0.1, -0.05) is 34.8 Å². The molecule has 0 heterocycles. The average Bonchev–Trinajstić information content (AvgIpc) is 2.27. The van der Waals surface area contributed by atoms with Crippen molar-refractivity contribution in [1.29, 1.82) is 0 Å². The van der Waals surface area contributed by atoms with Crippen LogP contribution in [0, 0.1) is 17.5 Å². The summed E-state index contributed by atoms with van der Waals surface area (Å²) in [4.78, 5) is 0. The Morgan fingerprint density at radius 1 is 1.11 bits per heavy atom. The number of benzene rings is 1. The van der Waals surface area contributed by atoms with Crippen LogP contribution in [0.1, 0.15) is 0 Å². The number of hydrogen-bond acceptors (Lipinski definition) is 4. The van der Waals surface area contributed by atoms with Crippen LogP contribution in [0.5, 0.6) is 5.75 Å². The van der Waals surface area contributed by atoms with Gasteiger partial charge in [0.25, 0.3) is 0 Å². The molecule has 0 aliphatic rings. The minimum atomic E-state index is -4.93. The van der Waals surface area contributed by atoms with Crippen molar-refractivity contribution in [2.45, 2.75) is 3.79 Å². The maximum atomic E-state index is 13.1. The van der Waals surface area contributed by atoms with Crippen molar-refractivity contribution in [2.75, 3.05) is 6.61 Å². The zero-order valence-electron chi connectivity index (χ0n) is 8.67. The summed E-state index contributed by atoms with van der Waals surface area (Å²) in [6.07, 6.45) is 0. The predicted octanol–water partition coefficient (Wildman–Crippen LogP) is 3.11. The first kappa shape index (κ1) is 16.6. The topological polar surface area (TPSA) is 52.6 Å². The average molecular weight is 360 g/mol. The molecule has 0 amide bonds.